The van der Waals surface area contributed by atoms with Gasteiger partial charge < -0.3 is 24.3 Å². The van der Waals surface area contributed by atoms with Crippen LogP contribution in [0.15, 0.2) is 17.6 Å². The number of nitrogens with zero attached hydrogens (tertiary/aromatic N) is 3. The van der Waals surface area contributed by atoms with Crippen molar-refractivity contribution in [1.29, 1.82) is 0 Å². The van der Waals surface area contributed by atoms with Crippen LogP contribution in [-0.2, 0) is 18.8 Å². The van der Waals surface area contributed by atoms with Crippen molar-refractivity contribution in [3.8, 4) is 0 Å². The molecular weight excluding hydrogens is 455 g/mol. The van der Waals surface area contributed by atoms with Crippen molar-refractivity contribution < 1.29 is 23.6 Å². The molecule has 2 atom stereocenters. The SMILES string of the molecule is CC(NC(=O)OC(C)(C)C)C(=O)N1CCCC1CSc1ncc(B2OC(C)(C)C(C)(C)O2)cn1. The van der Waals surface area contributed by atoms with E-state index in [9.17, 15) is 9.59 Å². The number of alkyl carbamates (subject to hydrolysis) is 1. The van der Waals surface area contributed by atoms with Crippen LogP contribution in [0.3, 0.4) is 0 Å². The molecule has 0 radical (unpaired) electrons. The van der Waals surface area contributed by atoms with E-state index < -0.39 is 36.1 Å². The number of amides is 2. The summed E-state index contributed by atoms with van der Waals surface area (Å²) in [5.74, 6) is 0.576. The van der Waals surface area contributed by atoms with E-state index in [2.05, 4.69) is 15.3 Å². The minimum Gasteiger partial charge on any atom is -0.444 e. The molecule has 11 heteroatoms. The molecule has 2 saturated heterocycles. The fourth-order valence-corrected chi connectivity index (χ4v) is 4.71. The van der Waals surface area contributed by atoms with Crippen LogP contribution in [0.4, 0.5) is 4.79 Å². The van der Waals surface area contributed by atoms with E-state index in [0.29, 0.717) is 17.5 Å². The number of rotatable bonds is 6. The maximum absolute atomic E-state index is 13.0. The fourth-order valence-electron chi connectivity index (χ4n) is 3.77. The lowest BCUT2D eigenvalue weighted by atomic mass is 9.81. The van der Waals surface area contributed by atoms with Crippen LogP contribution in [0.25, 0.3) is 0 Å². The van der Waals surface area contributed by atoms with Gasteiger partial charge in [-0.05, 0) is 68.2 Å². The molecule has 1 N–H and O–H groups in total. The minimum atomic E-state index is -0.657. The monoisotopic (exact) mass is 492 g/mol. The van der Waals surface area contributed by atoms with Gasteiger partial charge in [-0.3, -0.25) is 4.79 Å². The molecule has 3 heterocycles. The van der Waals surface area contributed by atoms with Crippen molar-refractivity contribution in [2.45, 2.75) is 102 Å². The van der Waals surface area contributed by atoms with Gasteiger partial charge >= 0.3 is 13.2 Å². The summed E-state index contributed by atoms with van der Waals surface area (Å²) >= 11 is 1.51. The molecule has 0 aromatic carbocycles. The summed E-state index contributed by atoms with van der Waals surface area (Å²) in [7, 11) is -0.494. The Balaban J connectivity index is 1.53. The number of carbonyl (C=O) groups is 2. The molecule has 2 fully saturated rings. The first-order chi connectivity index (χ1) is 15.7. The number of likely N-dealkylation sites (tertiary alicyclic amines) is 1. The highest BCUT2D eigenvalue weighted by molar-refractivity contribution is 7.99. The quantitative estimate of drug-likeness (QED) is 0.368. The van der Waals surface area contributed by atoms with Gasteiger partial charge in [0.05, 0.1) is 11.2 Å². The average molecular weight is 492 g/mol. The molecule has 9 nitrogen and oxygen atoms in total. The summed E-state index contributed by atoms with van der Waals surface area (Å²) in [6.45, 7) is 15.8. The van der Waals surface area contributed by atoms with Crippen molar-refractivity contribution in [3.05, 3.63) is 12.4 Å². The van der Waals surface area contributed by atoms with Crippen LogP contribution >= 0.6 is 11.8 Å². The minimum absolute atomic E-state index is 0.0618. The molecule has 0 spiro atoms. The Hall–Kier alpha value is -1.85. The first-order valence-corrected chi connectivity index (χ1v) is 12.8. The maximum Gasteiger partial charge on any atom is 0.498 e. The Labute approximate surface area is 207 Å². The highest BCUT2D eigenvalue weighted by Crippen LogP contribution is 2.36. The second kappa shape index (κ2) is 10.0. The van der Waals surface area contributed by atoms with E-state index >= 15 is 0 Å². The van der Waals surface area contributed by atoms with Gasteiger partial charge in [-0.1, -0.05) is 11.8 Å². The molecule has 3 rings (SSSR count). The molecule has 0 aliphatic carbocycles. The summed E-state index contributed by atoms with van der Waals surface area (Å²) in [6.07, 6.45) is 4.72. The van der Waals surface area contributed by atoms with E-state index in [-0.39, 0.29) is 11.9 Å². The molecule has 2 unspecified atom stereocenters. The number of hydrogen-bond acceptors (Lipinski definition) is 8. The highest BCUT2D eigenvalue weighted by Gasteiger charge is 2.52. The average Bonchev–Trinajstić information content (AvgIpc) is 3.26. The second-order valence-electron chi connectivity index (χ2n) is 10.9. The third-order valence-electron chi connectivity index (χ3n) is 6.34. The van der Waals surface area contributed by atoms with Gasteiger partial charge in [0.15, 0.2) is 5.16 Å². The van der Waals surface area contributed by atoms with E-state index in [4.69, 9.17) is 14.0 Å². The predicted molar refractivity (Wildman–Crippen MR) is 132 cm³/mol. The van der Waals surface area contributed by atoms with Crippen molar-refractivity contribution in [2.24, 2.45) is 0 Å². The Morgan fingerprint density at radius 3 is 2.38 bits per heavy atom. The number of nitrogens with one attached hydrogen (secondary N) is 1. The molecular formula is C23H37BN4O5S. The predicted octanol–water partition coefficient (Wildman–Crippen LogP) is 2.77. The van der Waals surface area contributed by atoms with Gasteiger partial charge in [-0.2, -0.15) is 0 Å². The molecule has 1 aromatic heterocycles. The first kappa shape index (κ1) is 26.8. The number of carbonyl (C=O) groups excluding carboxylic acids is 2. The highest BCUT2D eigenvalue weighted by atomic mass is 32.2. The van der Waals surface area contributed by atoms with Crippen molar-refractivity contribution in [2.75, 3.05) is 12.3 Å². The lowest BCUT2D eigenvalue weighted by Gasteiger charge is -2.32. The van der Waals surface area contributed by atoms with Gasteiger partial charge in [0.1, 0.15) is 11.6 Å². The summed E-state index contributed by atoms with van der Waals surface area (Å²) in [5, 5.41) is 3.28. The Morgan fingerprint density at radius 1 is 1.24 bits per heavy atom. The van der Waals surface area contributed by atoms with Crippen LogP contribution in [0.2, 0.25) is 0 Å². The smallest absolute Gasteiger partial charge is 0.444 e. The first-order valence-electron chi connectivity index (χ1n) is 11.8. The van der Waals surface area contributed by atoms with Crippen LogP contribution < -0.4 is 10.8 Å². The molecule has 2 amide bonds. The van der Waals surface area contributed by atoms with Gasteiger partial charge in [-0.15, -0.1) is 0 Å². The number of thioether (sulfide) groups is 1. The molecule has 0 saturated carbocycles. The van der Waals surface area contributed by atoms with Crippen LogP contribution in [-0.4, -0.2) is 75.2 Å². The molecule has 0 bridgehead atoms. The Bertz CT molecular complexity index is 874. The number of ether oxygens (including phenoxy) is 1. The maximum atomic E-state index is 13.0. The molecule has 2 aliphatic heterocycles. The summed E-state index contributed by atoms with van der Waals surface area (Å²) < 4.78 is 17.4. The van der Waals surface area contributed by atoms with Gasteiger partial charge in [-0.25, -0.2) is 14.8 Å². The Kier molecular flexibility index (Phi) is 7.89. The Morgan fingerprint density at radius 2 is 1.82 bits per heavy atom. The summed E-state index contributed by atoms with van der Waals surface area (Å²) in [4.78, 5) is 35.8. The van der Waals surface area contributed by atoms with Gasteiger partial charge in [0, 0.05) is 36.2 Å². The van der Waals surface area contributed by atoms with Crippen molar-refractivity contribution >= 4 is 36.3 Å². The third-order valence-corrected chi connectivity index (χ3v) is 7.36. The normalized spacial score (nSPS) is 22.5. The second-order valence-corrected chi connectivity index (χ2v) is 11.9. The topological polar surface area (TPSA) is 103 Å². The zero-order valence-corrected chi connectivity index (χ0v) is 22.3. The molecule has 34 heavy (non-hydrogen) atoms. The zero-order chi connectivity index (χ0) is 25.3. The fraction of sp³-hybridized carbons (Fsp3) is 0.739. The number of hydrogen-bond donors (Lipinski definition) is 1. The largest absolute Gasteiger partial charge is 0.498 e. The van der Waals surface area contributed by atoms with E-state index in [1.54, 1.807) is 40.1 Å². The third kappa shape index (κ3) is 6.43. The lowest BCUT2D eigenvalue weighted by Crippen LogP contribution is -2.50. The summed E-state index contributed by atoms with van der Waals surface area (Å²) in [5.41, 5.74) is -0.668. The van der Waals surface area contributed by atoms with Gasteiger partial charge in [0.25, 0.3) is 0 Å². The lowest BCUT2D eigenvalue weighted by molar-refractivity contribution is -0.133. The molecule has 188 valence electrons. The van der Waals surface area contributed by atoms with E-state index in [1.807, 2.05) is 32.6 Å². The van der Waals surface area contributed by atoms with E-state index in [0.717, 1.165) is 18.3 Å². The van der Waals surface area contributed by atoms with Gasteiger partial charge in [0.2, 0.25) is 5.91 Å². The van der Waals surface area contributed by atoms with Crippen molar-refractivity contribution in [1.82, 2.24) is 20.2 Å². The number of aromatic nitrogens is 2. The van der Waals surface area contributed by atoms with Crippen LogP contribution in [0.5, 0.6) is 0 Å². The molecule has 2 aliphatic rings. The van der Waals surface area contributed by atoms with E-state index in [1.165, 1.54) is 11.8 Å². The van der Waals surface area contributed by atoms with Crippen molar-refractivity contribution in [3.63, 3.8) is 0 Å². The summed E-state index contributed by atoms with van der Waals surface area (Å²) in [6, 6.07) is -0.595. The zero-order valence-electron chi connectivity index (χ0n) is 21.5. The van der Waals surface area contributed by atoms with Crippen LogP contribution in [0.1, 0.15) is 68.2 Å². The standard InChI is InChI=1S/C23H37BN4O5S/c1-15(27-20(30)31-21(2,3)4)18(29)28-11-9-10-17(28)14-34-19-25-12-16(13-26-19)24-32-22(5,6)23(7,8)33-24/h12-13,15,17H,9-11,14H2,1-8H3,(H,27,30). The van der Waals surface area contributed by atoms with Crippen LogP contribution in [0, 0.1) is 0 Å². The molecule has 1 aromatic rings.